The summed E-state index contributed by atoms with van der Waals surface area (Å²) in [6.45, 7) is 2.27. The summed E-state index contributed by atoms with van der Waals surface area (Å²) in [7, 11) is 1.91. The number of hydrogen-bond acceptors (Lipinski definition) is 3. The van der Waals surface area contributed by atoms with Crippen LogP contribution in [0.15, 0.2) is 60.3 Å². The molecule has 2 aromatic rings. The minimum absolute atomic E-state index is 0.0175. The topological polar surface area (TPSA) is 26.8 Å². The van der Waals surface area contributed by atoms with E-state index in [9.17, 15) is 4.79 Å². The fourth-order valence-electron chi connectivity index (χ4n) is 3.48. The number of rotatable bonds is 3. The van der Waals surface area contributed by atoms with E-state index in [1.807, 2.05) is 48.4 Å². The molecule has 0 unspecified atom stereocenters. The Balaban J connectivity index is 1.60. The Morgan fingerprint density at radius 3 is 2.23 bits per heavy atom. The molecule has 0 saturated carbocycles. The average molecular weight is 410 g/mol. The van der Waals surface area contributed by atoms with Crippen LogP contribution in [0.25, 0.3) is 6.08 Å². The van der Waals surface area contributed by atoms with Gasteiger partial charge in [-0.05, 0) is 0 Å². The predicted octanol–water partition coefficient (Wildman–Crippen LogP) is 2.86. The molecule has 2 aromatic carbocycles. The van der Waals surface area contributed by atoms with Crippen molar-refractivity contribution in [2.75, 3.05) is 29.9 Å². The number of nitrogens with zero attached hydrogens (tertiary/aromatic N) is 3. The molecule has 1 amide bonds. The molecule has 0 bridgehead atoms. The number of hydrogen-bond donors (Lipinski definition) is 0. The van der Waals surface area contributed by atoms with E-state index in [0.717, 1.165) is 29.0 Å². The number of amides is 1. The zero-order valence-electron chi connectivity index (χ0n) is 14.8. The SMILES string of the molecule is CN1C(=[Se])N(c2ccccc2)C(=O)C1=Cc1ccc(N2CCCC2)cc1. The molecule has 132 valence electrons. The fourth-order valence-corrected chi connectivity index (χ4v) is 4.08. The third-order valence-corrected chi connectivity index (χ3v) is 5.90. The van der Waals surface area contributed by atoms with Gasteiger partial charge >= 0.3 is 162 Å². The van der Waals surface area contributed by atoms with Crippen LogP contribution in [0.1, 0.15) is 18.4 Å². The Kier molecular flexibility index (Phi) is 4.66. The van der Waals surface area contributed by atoms with Crippen molar-refractivity contribution in [1.82, 2.24) is 4.90 Å². The van der Waals surface area contributed by atoms with Gasteiger partial charge in [0.15, 0.2) is 0 Å². The third kappa shape index (κ3) is 3.09. The van der Waals surface area contributed by atoms with Gasteiger partial charge in [0.2, 0.25) is 0 Å². The second-order valence-corrected chi connectivity index (χ2v) is 7.40. The first kappa shape index (κ1) is 17.1. The van der Waals surface area contributed by atoms with Gasteiger partial charge in [-0.15, -0.1) is 0 Å². The van der Waals surface area contributed by atoms with Crippen LogP contribution in [-0.4, -0.2) is 51.2 Å². The molecule has 4 rings (SSSR count). The molecule has 5 heteroatoms. The zero-order chi connectivity index (χ0) is 18.1. The first-order chi connectivity index (χ1) is 12.6. The number of benzene rings is 2. The van der Waals surface area contributed by atoms with Crippen molar-refractivity contribution in [1.29, 1.82) is 0 Å². The molecule has 4 nitrogen and oxygen atoms in total. The van der Waals surface area contributed by atoms with Crippen molar-refractivity contribution in [2.45, 2.75) is 12.8 Å². The Hall–Kier alpha value is -2.36. The van der Waals surface area contributed by atoms with Gasteiger partial charge < -0.3 is 0 Å². The van der Waals surface area contributed by atoms with E-state index in [0.29, 0.717) is 5.70 Å². The van der Waals surface area contributed by atoms with E-state index >= 15 is 0 Å². The van der Waals surface area contributed by atoms with Crippen molar-refractivity contribution in [3.8, 4) is 0 Å². The average Bonchev–Trinajstić information content (AvgIpc) is 3.27. The Morgan fingerprint density at radius 1 is 0.923 bits per heavy atom. The molecule has 0 spiro atoms. The molecule has 2 aliphatic heterocycles. The van der Waals surface area contributed by atoms with Crippen LogP contribution in [-0.2, 0) is 4.79 Å². The monoisotopic (exact) mass is 411 g/mol. The minimum atomic E-state index is -0.0175. The van der Waals surface area contributed by atoms with E-state index in [4.69, 9.17) is 0 Å². The second-order valence-electron chi connectivity index (χ2n) is 6.63. The van der Waals surface area contributed by atoms with Crippen molar-refractivity contribution < 1.29 is 4.79 Å². The zero-order valence-corrected chi connectivity index (χ0v) is 16.5. The summed E-state index contributed by atoms with van der Waals surface area (Å²) in [5, 5.41) is 0. The molecule has 26 heavy (non-hydrogen) atoms. The Labute approximate surface area is 162 Å². The number of likely N-dealkylation sites (N-methyl/N-ethyl adjacent to an activating group) is 1. The first-order valence-electron chi connectivity index (χ1n) is 8.89. The first-order valence-corrected chi connectivity index (χ1v) is 9.75. The van der Waals surface area contributed by atoms with E-state index in [2.05, 4.69) is 44.7 Å². The second kappa shape index (κ2) is 7.10. The van der Waals surface area contributed by atoms with Crippen molar-refractivity contribution >= 4 is 43.6 Å². The summed E-state index contributed by atoms with van der Waals surface area (Å²) < 4.78 is 0.793. The standard InChI is InChI=1S/C21H21N3OSe/c1-22-19(20(25)24(21(22)26)18-7-3-2-4-8-18)15-16-9-11-17(12-10-16)23-13-5-6-14-23/h2-4,7-12,15H,5-6,13-14H2,1H3. The van der Waals surface area contributed by atoms with E-state index in [1.54, 1.807) is 4.90 Å². The van der Waals surface area contributed by atoms with Gasteiger partial charge in [-0.3, -0.25) is 0 Å². The van der Waals surface area contributed by atoms with Crippen LogP contribution in [0.5, 0.6) is 0 Å². The van der Waals surface area contributed by atoms with Crippen LogP contribution < -0.4 is 9.80 Å². The Morgan fingerprint density at radius 2 is 1.58 bits per heavy atom. The number of para-hydroxylation sites is 1. The summed E-state index contributed by atoms with van der Waals surface area (Å²) >= 11 is 3.03. The molecular formula is C21H21N3OSe. The van der Waals surface area contributed by atoms with E-state index < -0.39 is 0 Å². The Bertz CT molecular complexity index is 855. The molecule has 0 radical (unpaired) electrons. The fraction of sp³-hybridized carbons (Fsp3) is 0.238. The molecule has 2 aliphatic rings. The summed E-state index contributed by atoms with van der Waals surface area (Å²) in [5.41, 5.74) is 3.83. The predicted molar refractivity (Wildman–Crippen MR) is 108 cm³/mol. The van der Waals surface area contributed by atoms with Crippen LogP contribution in [0.4, 0.5) is 11.4 Å². The molecule has 0 aromatic heterocycles. The summed E-state index contributed by atoms with van der Waals surface area (Å²) in [6.07, 6.45) is 4.49. The van der Waals surface area contributed by atoms with Crippen LogP contribution >= 0.6 is 0 Å². The van der Waals surface area contributed by atoms with Gasteiger partial charge in [0.25, 0.3) is 0 Å². The maximum absolute atomic E-state index is 13.0. The van der Waals surface area contributed by atoms with Gasteiger partial charge in [-0.1, -0.05) is 0 Å². The number of carbonyl (C=O) groups is 1. The maximum atomic E-state index is 13.0. The molecular weight excluding hydrogens is 389 g/mol. The van der Waals surface area contributed by atoms with Gasteiger partial charge in [0.05, 0.1) is 0 Å². The molecule has 2 fully saturated rings. The summed E-state index contributed by atoms with van der Waals surface area (Å²) in [5.74, 6) is -0.0175. The number of anilines is 2. The molecule has 0 aliphatic carbocycles. The third-order valence-electron chi connectivity index (χ3n) is 4.94. The van der Waals surface area contributed by atoms with E-state index in [-0.39, 0.29) is 5.91 Å². The van der Waals surface area contributed by atoms with Crippen LogP contribution in [0, 0.1) is 0 Å². The molecule has 0 N–H and O–H groups in total. The quantitative estimate of drug-likeness (QED) is 0.575. The summed E-state index contributed by atoms with van der Waals surface area (Å²) in [4.78, 5) is 19.0. The van der Waals surface area contributed by atoms with E-state index in [1.165, 1.54) is 18.5 Å². The van der Waals surface area contributed by atoms with Gasteiger partial charge in [0, 0.05) is 0 Å². The van der Waals surface area contributed by atoms with Gasteiger partial charge in [-0.2, -0.15) is 0 Å². The molecule has 2 saturated heterocycles. The normalized spacial score (nSPS) is 19.1. The number of carbonyl (C=O) groups excluding carboxylic acids is 1. The van der Waals surface area contributed by atoms with Crippen LogP contribution in [0.3, 0.4) is 0 Å². The van der Waals surface area contributed by atoms with Gasteiger partial charge in [0.1, 0.15) is 0 Å². The van der Waals surface area contributed by atoms with Crippen molar-refractivity contribution in [3.05, 3.63) is 65.9 Å². The van der Waals surface area contributed by atoms with Crippen LogP contribution in [0.2, 0.25) is 0 Å². The summed E-state index contributed by atoms with van der Waals surface area (Å²) in [6, 6.07) is 18.2. The molecule has 0 atom stereocenters. The molecule has 2 heterocycles. The van der Waals surface area contributed by atoms with Crippen molar-refractivity contribution in [3.63, 3.8) is 0 Å². The van der Waals surface area contributed by atoms with Gasteiger partial charge in [-0.25, -0.2) is 0 Å². The van der Waals surface area contributed by atoms with Crippen molar-refractivity contribution in [2.24, 2.45) is 0 Å².